The van der Waals surface area contributed by atoms with Crippen LogP contribution >= 0.6 is 0 Å². The molecule has 0 aromatic carbocycles. The van der Waals surface area contributed by atoms with Crippen LogP contribution in [0.15, 0.2) is 0 Å². The third kappa shape index (κ3) is 2.80. The monoisotopic (exact) mass is 310 g/mol. The summed E-state index contributed by atoms with van der Waals surface area (Å²) >= 11 is 0. The van der Waals surface area contributed by atoms with Gasteiger partial charge in [0.25, 0.3) is 0 Å². The summed E-state index contributed by atoms with van der Waals surface area (Å²) in [5.41, 5.74) is -0.546. The van der Waals surface area contributed by atoms with E-state index in [1.165, 1.54) is 6.42 Å². The summed E-state index contributed by atoms with van der Waals surface area (Å²) in [5.74, 6) is 0.362. The number of rotatable bonds is 2. The maximum atomic E-state index is 12.4. The number of hydrogen-bond acceptors (Lipinski definition) is 4. The lowest BCUT2D eigenvalue weighted by atomic mass is 9.71. The molecule has 22 heavy (non-hydrogen) atoms. The van der Waals surface area contributed by atoms with Gasteiger partial charge in [-0.2, -0.15) is 0 Å². The zero-order valence-electron chi connectivity index (χ0n) is 14.4. The van der Waals surface area contributed by atoms with Gasteiger partial charge in [0.1, 0.15) is 5.60 Å². The van der Waals surface area contributed by atoms with E-state index in [9.17, 15) is 4.79 Å². The zero-order chi connectivity index (χ0) is 16.0. The molecule has 0 aromatic heterocycles. The Morgan fingerprint density at radius 1 is 1.23 bits per heavy atom. The molecule has 3 aliphatic rings. The maximum absolute atomic E-state index is 12.4. The normalized spacial score (nSPS) is 46.2. The minimum atomic E-state index is -0.748. The number of esters is 1. The van der Waals surface area contributed by atoms with Crippen LogP contribution in [0.25, 0.3) is 0 Å². The lowest BCUT2D eigenvalue weighted by Gasteiger charge is -2.54. The van der Waals surface area contributed by atoms with Crippen LogP contribution in [0.4, 0.5) is 0 Å². The van der Waals surface area contributed by atoms with Gasteiger partial charge in [-0.25, -0.2) is 0 Å². The maximum Gasteiger partial charge on any atom is 0.311 e. The van der Waals surface area contributed by atoms with E-state index in [1.54, 1.807) is 0 Å². The van der Waals surface area contributed by atoms with Crippen LogP contribution in [-0.4, -0.2) is 30.1 Å². The second-order valence-electron chi connectivity index (χ2n) is 8.12. The van der Waals surface area contributed by atoms with Crippen molar-refractivity contribution in [3.05, 3.63) is 0 Å². The van der Waals surface area contributed by atoms with Crippen LogP contribution < -0.4 is 0 Å². The smallest absolute Gasteiger partial charge is 0.311 e. The van der Waals surface area contributed by atoms with Crippen molar-refractivity contribution in [1.82, 2.24) is 0 Å². The van der Waals surface area contributed by atoms with Crippen LogP contribution in [0.2, 0.25) is 0 Å². The van der Waals surface area contributed by atoms with Crippen molar-refractivity contribution in [3.8, 4) is 0 Å². The number of ether oxygens (including phenoxy) is 3. The number of hydrogen-bond donors (Lipinski definition) is 0. The Kier molecular flexibility index (Phi) is 4.28. The summed E-state index contributed by atoms with van der Waals surface area (Å²) in [6.45, 7) is 9.46. The van der Waals surface area contributed by atoms with E-state index in [0.717, 1.165) is 32.3 Å². The van der Waals surface area contributed by atoms with Gasteiger partial charge in [-0.1, -0.05) is 20.8 Å². The molecule has 126 valence electrons. The van der Waals surface area contributed by atoms with Gasteiger partial charge in [0.15, 0.2) is 0 Å². The van der Waals surface area contributed by atoms with Crippen LogP contribution in [0.1, 0.15) is 66.2 Å². The van der Waals surface area contributed by atoms with Crippen molar-refractivity contribution in [2.45, 2.75) is 83.7 Å². The van der Waals surface area contributed by atoms with E-state index in [1.807, 2.05) is 6.92 Å². The molecule has 1 unspecified atom stereocenters. The second-order valence-corrected chi connectivity index (χ2v) is 8.12. The molecular formula is C18H30O4. The average molecular weight is 310 g/mol. The lowest BCUT2D eigenvalue weighted by molar-refractivity contribution is -0.352. The van der Waals surface area contributed by atoms with Gasteiger partial charge in [-0.15, -0.1) is 0 Å². The van der Waals surface area contributed by atoms with Crippen LogP contribution in [0.3, 0.4) is 0 Å². The first kappa shape index (κ1) is 16.3. The largest absolute Gasteiger partial charge is 0.433 e. The molecule has 0 aromatic rings. The average Bonchev–Trinajstić information content (AvgIpc) is 2.90. The van der Waals surface area contributed by atoms with Gasteiger partial charge < -0.3 is 14.2 Å². The Balaban J connectivity index is 1.91. The van der Waals surface area contributed by atoms with Crippen LogP contribution in [-0.2, 0) is 19.0 Å². The second kappa shape index (κ2) is 5.79. The molecule has 4 heteroatoms. The van der Waals surface area contributed by atoms with E-state index in [4.69, 9.17) is 14.2 Å². The highest BCUT2D eigenvalue weighted by Crippen LogP contribution is 2.50. The van der Waals surface area contributed by atoms with Gasteiger partial charge in [-0.3, -0.25) is 4.79 Å². The molecule has 0 radical (unpaired) electrons. The highest BCUT2D eigenvalue weighted by Gasteiger charge is 2.58. The van der Waals surface area contributed by atoms with Gasteiger partial charge in [0.05, 0.1) is 12.5 Å². The molecule has 1 spiro atoms. The van der Waals surface area contributed by atoms with E-state index in [-0.39, 0.29) is 18.0 Å². The Hall–Kier alpha value is -0.610. The van der Waals surface area contributed by atoms with E-state index < -0.39 is 11.4 Å². The molecule has 5 atom stereocenters. The summed E-state index contributed by atoms with van der Waals surface area (Å²) in [5, 5.41) is 0. The van der Waals surface area contributed by atoms with Gasteiger partial charge in [0.2, 0.25) is 5.79 Å². The Bertz CT molecular complexity index is 429. The summed E-state index contributed by atoms with van der Waals surface area (Å²) in [7, 11) is 0. The molecule has 3 rings (SSSR count). The molecule has 0 N–H and O–H groups in total. The Morgan fingerprint density at radius 2 is 2.00 bits per heavy atom. The number of carbonyl (C=O) groups is 1. The fraction of sp³-hybridized carbons (Fsp3) is 0.944. The topological polar surface area (TPSA) is 44.8 Å². The quantitative estimate of drug-likeness (QED) is 0.730. The third-order valence-corrected chi connectivity index (χ3v) is 5.77. The van der Waals surface area contributed by atoms with Crippen molar-refractivity contribution in [2.75, 3.05) is 6.61 Å². The summed E-state index contributed by atoms with van der Waals surface area (Å²) < 4.78 is 18.4. The van der Waals surface area contributed by atoms with Gasteiger partial charge in [0, 0.05) is 18.9 Å². The minimum absolute atomic E-state index is 0.0160. The molecule has 0 bridgehead atoms. The third-order valence-electron chi connectivity index (χ3n) is 5.77. The molecule has 3 fully saturated rings. The zero-order valence-corrected chi connectivity index (χ0v) is 14.4. The van der Waals surface area contributed by atoms with Crippen molar-refractivity contribution >= 4 is 5.97 Å². The van der Waals surface area contributed by atoms with Crippen molar-refractivity contribution in [3.63, 3.8) is 0 Å². The Labute approximate surface area is 133 Å². The van der Waals surface area contributed by atoms with E-state index in [0.29, 0.717) is 18.3 Å². The van der Waals surface area contributed by atoms with Crippen molar-refractivity contribution in [2.24, 2.45) is 17.8 Å². The van der Waals surface area contributed by atoms with Gasteiger partial charge in [-0.05, 0) is 44.4 Å². The summed E-state index contributed by atoms with van der Waals surface area (Å²) in [4.78, 5) is 12.4. The predicted octanol–water partition coefficient (Wildman–Crippen LogP) is 3.68. The first-order valence-electron chi connectivity index (χ1n) is 8.88. The predicted molar refractivity (Wildman–Crippen MR) is 83.2 cm³/mol. The standard InChI is InChI=1S/C18H30O4/c1-12(2)14-8-7-13(3)10-18(14)21-16(19)11-17(4,22-18)15-6-5-9-20-15/h12-15H,5-11H2,1-4H3/t13-,14+,15?,17-,18-/m1/s1. The molecule has 1 saturated carbocycles. The van der Waals surface area contributed by atoms with Gasteiger partial charge >= 0.3 is 5.97 Å². The lowest BCUT2D eigenvalue weighted by Crippen LogP contribution is -2.62. The SMILES string of the molecule is CC(C)[C@@H]1CC[C@@H](C)C[C@]12OC(=O)C[C@](C)(C1CCCO1)O2. The molecule has 0 amide bonds. The van der Waals surface area contributed by atoms with Crippen LogP contribution in [0, 0.1) is 17.8 Å². The highest BCUT2D eigenvalue weighted by atomic mass is 16.7. The molecule has 1 aliphatic carbocycles. The minimum Gasteiger partial charge on any atom is -0.433 e. The fourth-order valence-corrected chi connectivity index (χ4v) is 4.70. The van der Waals surface area contributed by atoms with E-state index in [2.05, 4.69) is 20.8 Å². The molecular weight excluding hydrogens is 280 g/mol. The molecule has 2 aliphatic heterocycles. The van der Waals surface area contributed by atoms with Crippen molar-refractivity contribution < 1.29 is 19.0 Å². The van der Waals surface area contributed by atoms with Crippen LogP contribution in [0.5, 0.6) is 0 Å². The molecule has 2 heterocycles. The Morgan fingerprint density at radius 3 is 2.64 bits per heavy atom. The first-order valence-corrected chi connectivity index (χ1v) is 8.88. The van der Waals surface area contributed by atoms with Crippen molar-refractivity contribution in [1.29, 1.82) is 0 Å². The molecule has 4 nitrogen and oxygen atoms in total. The number of carbonyl (C=O) groups excluding carboxylic acids is 1. The molecule has 2 saturated heterocycles. The highest BCUT2D eigenvalue weighted by molar-refractivity contribution is 5.72. The fourth-order valence-electron chi connectivity index (χ4n) is 4.70. The summed E-state index contributed by atoms with van der Waals surface area (Å²) in [6, 6.07) is 0. The first-order chi connectivity index (χ1) is 10.3. The van der Waals surface area contributed by atoms with E-state index >= 15 is 0 Å². The summed E-state index contributed by atoms with van der Waals surface area (Å²) in [6.07, 6.45) is 5.40.